The van der Waals surface area contributed by atoms with Crippen molar-refractivity contribution in [1.82, 2.24) is 0 Å². The maximum absolute atomic E-state index is 6.93. The summed E-state index contributed by atoms with van der Waals surface area (Å²) in [4.78, 5) is 0. The quantitative estimate of drug-likeness (QED) is 0.446. The molecule has 0 bridgehead atoms. The molecule has 168 valence electrons. The standard InChI is InChI=1S/C28H32O4/c1-21-19-25(29-2)26(32-27(21)30-3)20-31-28(22-13-7-4-8-14-22,23-15-9-5-10-16-23)24-17-11-6-12-18-24/h4-18,21,25-27H,19-20H2,1-3H3/t21-,25+,26-,27+/m1/s1. The van der Waals surface area contributed by atoms with E-state index >= 15 is 0 Å². The second-order valence-electron chi connectivity index (χ2n) is 8.36. The lowest BCUT2D eigenvalue weighted by Gasteiger charge is -2.42. The van der Waals surface area contributed by atoms with Gasteiger partial charge in [-0.15, -0.1) is 0 Å². The van der Waals surface area contributed by atoms with E-state index in [4.69, 9.17) is 18.9 Å². The van der Waals surface area contributed by atoms with Crippen LogP contribution in [0.15, 0.2) is 91.0 Å². The minimum Gasteiger partial charge on any atom is -0.379 e. The molecule has 0 saturated carbocycles. The second kappa shape index (κ2) is 10.4. The summed E-state index contributed by atoms with van der Waals surface area (Å²) in [5, 5.41) is 0. The molecule has 3 aromatic rings. The summed E-state index contributed by atoms with van der Waals surface area (Å²) in [6.07, 6.45) is 0.292. The fraction of sp³-hybridized carbons (Fsp3) is 0.357. The first-order chi connectivity index (χ1) is 15.7. The Labute approximate surface area is 191 Å². The van der Waals surface area contributed by atoms with Gasteiger partial charge < -0.3 is 18.9 Å². The molecule has 32 heavy (non-hydrogen) atoms. The number of benzene rings is 3. The van der Waals surface area contributed by atoms with Crippen LogP contribution in [-0.4, -0.2) is 39.3 Å². The third kappa shape index (κ3) is 4.50. The van der Waals surface area contributed by atoms with Crippen molar-refractivity contribution in [2.75, 3.05) is 20.8 Å². The van der Waals surface area contributed by atoms with E-state index in [2.05, 4.69) is 79.7 Å². The molecule has 4 nitrogen and oxygen atoms in total. The largest absolute Gasteiger partial charge is 0.379 e. The smallest absolute Gasteiger partial charge is 0.160 e. The molecule has 1 aliphatic rings. The molecule has 1 aliphatic heterocycles. The van der Waals surface area contributed by atoms with Gasteiger partial charge in [0.15, 0.2) is 6.29 Å². The van der Waals surface area contributed by atoms with Gasteiger partial charge >= 0.3 is 0 Å². The molecule has 0 aliphatic carbocycles. The summed E-state index contributed by atoms with van der Waals surface area (Å²) >= 11 is 0. The molecule has 0 amide bonds. The average molecular weight is 433 g/mol. The Hall–Kier alpha value is -2.50. The minimum absolute atomic E-state index is 0.0589. The molecular formula is C28H32O4. The molecule has 1 fully saturated rings. The number of ether oxygens (including phenoxy) is 4. The predicted molar refractivity (Wildman–Crippen MR) is 125 cm³/mol. The highest BCUT2D eigenvalue weighted by Crippen LogP contribution is 2.41. The van der Waals surface area contributed by atoms with Crippen molar-refractivity contribution in [3.8, 4) is 0 Å². The van der Waals surface area contributed by atoms with Gasteiger partial charge in [-0.25, -0.2) is 0 Å². The topological polar surface area (TPSA) is 36.9 Å². The van der Waals surface area contributed by atoms with Crippen molar-refractivity contribution >= 4 is 0 Å². The zero-order valence-electron chi connectivity index (χ0n) is 19.0. The maximum atomic E-state index is 6.93. The summed E-state index contributed by atoms with van der Waals surface area (Å²) in [5.41, 5.74) is 2.42. The van der Waals surface area contributed by atoms with Crippen molar-refractivity contribution in [2.24, 2.45) is 5.92 Å². The Kier molecular flexibility index (Phi) is 7.38. The van der Waals surface area contributed by atoms with Gasteiger partial charge in [-0.3, -0.25) is 0 Å². The Bertz CT molecular complexity index is 848. The van der Waals surface area contributed by atoms with E-state index < -0.39 is 5.60 Å². The van der Waals surface area contributed by atoms with E-state index in [1.165, 1.54) is 0 Å². The van der Waals surface area contributed by atoms with Gasteiger partial charge in [0, 0.05) is 20.1 Å². The van der Waals surface area contributed by atoms with Crippen LogP contribution in [0.5, 0.6) is 0 Å². The number of rotatable bonds is 8. The fourth-order valence-electron chi connectivity index (χ4n) is 4.68. The number of methoxy groups -OCH3 is 2. The molecule has 1 saturated heterocycles. The van der Waals surface area contributed by atoms with E-state index in [1.54, 1.807) is 14.2 Å². The van der Waals surface area contributed by atoms with E-state index in [1.807, 2.05) is 18.2 Å². The van der Waals surface area contributed by atoms with Crippen molar-refractivity contribution in [1.29, 1.82) is 0 Å². The first-order valence-corrected chi connectivity index (χ1v) is 11.2. The molecule has 0 unspecified atom stereocenters. The summed E-state index contributed by atoms with van der Waals surface area (Å²) in [5.74, 6) is 0.253. The van der Waals surface area contributed by atoms with Gasteiger partial charge in [0.25, 0.3) is 0 Å². The van der Waals surface area contributed by atoms with Crippen LogP contribution in [0.4, 0.5) is 0 Å². The van der Waals surface area contributed by atoms with Crippen LogP contribution in [0.3, 0.4) is 0 Å². The van der Waals surface area contributed by atoms with Gasteiger partial charge in [-0.2, -0.15) is 0 Å². The van der Waals surface area contributed by atoms with Gasteiger partial charge in [-0.1, -0.05) is 97.9 Å². The Morgan fingerprint density at radius 2 is 1.22 bits per heavy atom. The van der Waals surface area contributed by atoms with Gasteiger partial charge in [0.1, 0.15) is 11.7 Å². The van der Waals surface area contributed by atoms with Crippen LogP contribution in [0.2, 0.25) is 0 Å². The molecule has 1 heterocycles. The molecule has 0 N–H and O–H groups in total. The van der Waals surface area contributed by atoms with Crippen LogP contribution in [0, 0.1) is 5.92 Å². The van der Waals surface area contributed by atoms with Crippen LogP contribution in [-0.2, 0) is 24.5 Å². The van der Waals surface area contributed by atoms with E-state index in [-0.39, 0.29) is 24.4 Å². The molecule has 4 atom stereocenters. The summed E-state index contributed by atoms with van der Waals surface area (Å²) in [6.45, 7) is 2.49. The van der Waals surface area contributed by atoms with Crippen LogP contribution in [0.1, 0.15) is 30.0 Å². The summed E-state index contributed by atoms with van der Waals surface area (Å²) in [7, 11) is 3.42. The molecular weight excluding hydrogens is 400 g/mol. The predicted octanol–water partition coefficient (Wildman–Crippen LogP) is 5.41. The van der Waals surface area contributed by atoms with Crippen LogP contribution in [0.25, 0.3) is 0 Å². The second-order valence-corrected chi connectivity index (χ2v) is 8.36. The monoisotopic (exact) mass is 432 g/mol. The maximum Gasteiger partial charge on any atom is 0.160 e. The van der Waals surface area contributed by atoms with Crippen LogP contribution < -0.4 is 0 Å². The summed E-state index contributed by atoms with van der Waals surface area (Å²) in [6, 6.07) is 31.1. The molecule has 0 aromatic heterocycles. The normalized spacial score (nSPS) is 23.7. The van der Waals surface area contributed by atoms with Gasteiger partial charge in [0.2, 0.25) is 0 Å². The molecule has 0 spiro atoms. The van der Waals surface area contributed by atoms with Gasteiger partial charge in [-0.05, 0) is 23.1 Å². The van der Waals surface area contributed by atoms with Crippen molar-refractivity contribution < 1.29 is 18.9 Å². The first-order valence-electron chi connectivity index (χ1n) is 11.2. The van der Waals surface area contributed by atoms with Crippen LogP contribution >= 0.6 is 0 Å². The van der Waals surface area contributed by atoms with Crippen molar-refractivity contribution in [3.63, 3.8) is 0 Å². The first kappa shape index (κ1) is 22.7. The van der Waals surface area contributed by atoms with E-state index in [0.29, 0.717) is 6.61 Å². The molecule has 4 rings (SSSR count). The lowest BCUT2D eigenvalue weighted by Crippen LogP contribution is -2.48. The lowest BCUT2D eigenvalue weighted by molar-refractivity contribution is -0.254. The Morgan fingerprint density at radius 3 is 1.62 bits per heavy atom. The number of hydrogen-bond donors (Lipinski definition) is 0. The summed E-state index contributed by atoms with van der Waals surface area (Å²) < 4.78 is 24.6. The third-order valence-corrected chi connectivity index (χ3v) is 6.33. The van der Waals surface area contributed by atoms with Crippen molar-refractivity contribution in [3.05, 3.63) is 108 Å². The minimum atomic E-state index is -0.781. The highest BCUT2D eigenvalue weighted by molar-refractivity contribution is 5.47. The average Bonchev–Trinajstić information content (AvgIpc) is 2.87. The highest BCUT2D eigenvalue weighted by atomic mass is 16.7. The zero-order valence-corrected chi connectivity index (χ0v) is 19.0. The number of hydrogen-bond acceptors (Lipinski definition) is 4. The molecule has 4 heteroatoms. The Morgan fingerprint density at radius 1 is 0.750 bits per heavy atom. The zero-order chi connectivity index (χ0) is 22.4. The van der Waals surface area contributed by atoms with E-state index in [9.17, 15) is 0 Å². The van der Waals surface area contributed by atoms with E-state index in [0.717, 1.165) is 23.1 Å². The highest BCUT2D eigenvalue weighted by Gasteiger charge is 2.41. The molecule has 0 radical (unpaired) electrons. The lowest BCUT2D eigenvalue weighted by atomic mass is 9.80. The van der Waals surface area contributed by atoms with Crippen molar-refractivity contribution in [2.45, 2.75) is 37.4 Å². The Balaban J connectivity index is 1.76. The third-order valence-electron chi connectivity index (χ3n) is 6.33. The van der Waals surface area contributed by atoms with Gasteiger partial charge in [0.05, 0.1) is 12.7 Å². The molecule has 3 aromatic carbocycles. The SMILES string of the molecule is CO[C@H]1O[C@H](COC(c2ccccc2)(c2ccccc2)c2ccccc2)[C@@H](OC)C[C@H]1C. The fourth-order valence-corrected chi connectivity index (χ4v) is 4.68.